The Balaban J connectivity index is 1.20. The second kappa shape index (κ2) is 11.2. The van der Waals surface area contributed by atoms with Crippen molar-refractivity contribution >= 4 is 17.5 Å². The maximum absolute atomic E-state index is 13.1. The van der Waals surface area contributed by atoms with Crippen LogP contribution in [0.1, 0.15) is 71.0 Å². The first-order chi connectivity index (χ1) is 18.8. The van der Waals surface area contributed by atoms with Gasteiger partial charge in [0.2, 0.25) is 0 Å². The van der Waals surface area contributed by atoms with Gasteiger partial charge in [-0.3, -0.25) is 14.3 Å². The van der Waals surface area contributed by atoms with Gasteiger partial charge in [0, 0.05) is 25.6 Å². The molecule has 1 aliphatic heterocycles. The van der Waals surface area contributed by atoms with Crippen molar-refractivity contribution in [1.29, 1.82) is 0 Å². The van der Waals surface area contributed by atoms with E-state index in [1.165, 1.54) is 22.0 Å². The molecule has 2 amide bonds. The van der Waals surface area contributed by atoms with Gasteiger partial charge in [-0.05, 0) is 54.7 Å². The first kappa shape index (κ1) is 26.3. The topological polar surface area (TPSA) is 89.6 Å². The number of hydrogen-bond acceptors (Lipinski definition) is 5. The van der Waals surface area contributed by atoms with Gasteiger partial charge in [0.15, 0.2) is 5.76 Å². The number of carbonyl (C=O) groups is 2. The van der Waals surface area contributed by atoms with E-state index in [2.05, 4.69) is 60.7 Å². The third-order valence-corrected chi connectivity index (χ3v) is 7.37. The first-order valence-corrected chi connectivity index (χ1v) is 13.3. The standard InChI is InChI=1S/C31H34N4O4/c1-31(2,22-10-6-4-7-11-22)23-12-14-24(15-13-23)38-21-25-16-17-27(39-25)29(36)33-26-20-32-34(3)28(26)30(37)35-18-8-5-9-19-35/h4,6-7,10-17,20H,5,8-9,18-19,21H2,1-3H3,(H,33,36). The highest BCUT2D eigenvalue weighted by Crippen LogP contribution is 2.32. The van der Waals surface area contributed by atoms with Gasteiger partial charge in [-0.2, -0.15) is 5.10 Å². The summed E-state index contributed by atoms with van der Waals surface area (Å²) in [6, 6.07) is 21.7. The van der Waals surface area contributed by atoms with E-state index >= 15 is 0 Å². The molecule has 3 heterocycles. The van der Waals surface area contributed by atoms with Crippen LogP contribution < -0.4 is 10.1 Å². The molecule has 0 spiro atoms. The molecule has 1 fully saturated rings. The number of ether oxygens (including phenoxy) is 1. The Bertz CT molecular complexity index is 1430. The highest BCUT2D eigenvalue weighted by molar-refractivity contribution is 6.07. The lowest BCUT2D eigenvalue weighted by Crippen LogP contribution is -2.37. The second-order valence-electron chi connectivity index (χ2n) is 10.4. The normalized spacial score (nSPS) is 13.8. The summed E-state index contributed by atoms with van der Waals surface area (Å²) in [5, 5.41) is 6.97. The zero-order chi connectivity index (χ0) is 27.4. The number of carbonyl (C=O) groups excluding carboxylic acids is 2. The van der Waals surface area contributed by atoms with E-state index in [9.17, 15) is 9.59 Å². The van der Waals surface area contributed by atoms with Crippen molar-refractivity contribution in [2.45, 2.75) is 45.1 Å². The molecule has 202 valence electrons. The van der Waals surface area contributed by atoms with Crippen LogP contribution in [-0.4, -0.2) is 39.6 Å². The van der Waals surface area contributed by atoms with Gasteiger partial charge < -0.3 is 19.4 Å². The molecule has 1 saturated heterocycles. The number of piperidine rings is 1. The second-order valence-corrected chi connectivity index (χ2v) is 10.4. The van der Waals surface area contributed by atoms with Crippen LogP contribution in [0.15, 0.2) is 77.3 Å². The lowest BCUT2D eigenvalue weighted by molar-refractivity contribution is 0.0714. The average Bonchev–Trinajstić information content (AvgIpc) is 3.59. The minimum Gasteiger partial charge on any atom is -0.486 e. The number of nitrogens with one attached hydrogen (secondary N) is 1. The molecule has 0 bridgehead atoms. The summed E-state index contributed by atoms with van der Waals surface area (Å²) in [5.41, 5.74) is 3.03. The molecule has 1 N–H and O–H groups in total. The number of nitrogens with zero attached hydrogens (tertiary/aromatic N) is 3. The van der Waals surface area contributed by atoms with Gasteiger partial charge in [-0.25, -0.2) is 0 Å². The summed E-state index contributed by atoms with van der Waals surface area (Å²) < 4.78 is 13.1. The highest BCUT2D eigenvalue weighted by Gasteiger charge is 2.26. The summed E-state index contributed by atoms with van der Waals surface area (Å²) >= 11 is 0. The zero-order valence-electron chi connectivity index (χ0n) is 22.6. The van der Waals surface area contributed by atoms with E-state index in [1.807, 2.05) is 23.1 Å². The molecule has 0 saturated carbocycles. The van der Waals surface area contributed by atoms with Crippen LogP contribution in [0.5, 0.6) is 5.75 Å². The summed E-state index contributed by atoms with van der Waals surface area (Å²) in [7, 11) is 1.70. The molecular formula is C31H34N4O4. The Morgan fingerprint density at radius 2 is 1.64 bits per heavy atom. The van der Waals surface area contributed by atoms with E-state index in [0.29, 0.717) is 36.0 Å². The van der Waals surface area contributed by atoms with Gasteiger partial charge in [-0.15, -0.1) is 0 Å². The molecule has 1 aliphatic rings. The predicted molar refractivity (Wildman–Crippen MR) is 149 cm³/mol. The van der Waals surface area contributed by atoms with Crippen molar-refractivity contribution < 1.29 is 18.7 Å². The van der Waals surface area contributed by atoms with Crippen molar-refractivity contribution in [3.8, 4) is 5.75 Å². The summed E-state index contributed by atoms with van der Waals surface area (Å²) in [4.78, 5) is 27.8. The number of rotatable bonds is 8. The zero-order valence-corrected chi connectivity index (χ0v) is 22.6. The number of likely N-dealkylation sites (tertiary alicyclic amines) is 1. The van der Waals surface area contributed by atoms with Crippen LogP contribution in [-0.2, 0) is 19.1 Å². The molecule has 0 radical (unpaired) electrons. The Labute approximate surface area is 228 Å². The molecule has 5 rings (SSSR count). The molecule has 8 heteroatoms. The van der Waals surface area contributed by atoms with Crippen LogP contribution in [0, 0.1) is 0 Å². The minimum absolute atomic E-state index is 0.128. The number of amides is 2. The van der Waals surface area contributed by atoms with Gasteiger partial charge in [0.1, 0.15) is 23.8 Å². The maximum atomic E-state index is 13.1. The molecule has 2 aromatic heterocycles. The number of furan rings is 1. The van der Waals surface area contributed by atoms with Crippen molar-refractivity contribution in [2.75, 3.05) is 18.4 Å². The molecule has 4 aromatic rings. The average molecular weight is 527 g/mol. The van der Waals surface area contributed by atoms with Gasteiger partial charge >= 0.3 is 0 Å². The van der Waals surface area contributed by atoms with Crippen LogP contribution in [0.4, 0.5) is 5.69 Å². The lowest BCUT2D eigenvalue weighted by atomic mass is 9.78. The highest BCUT2D eigenvalue weighted by atomic mass is 16.5. The number of hydrogen-bond donors (Lipinski definition) is 1. The number of benzene rings is 2. The van der Waals surface area contributed by atoms with Gasteiger partial charge in [-0.1, -0.05) is 56.3 Å². The molecule has 0 unspecified atom stereocenters. The van der Waals surface area contributed by atoms with E-state index in [-0.39, 0.29) is 23.7 Å². The molecule has 0 aliphatic carbocycles. The van der Waals surface area contributed by atoms with E-state index < -0.39 is 5.91 Å². The Hall–Kier alpha value is -4.33. The smallest absolute Gasteiger partial charge is 0.291 e. The third kappa shape index (κ3) is 5.74. The molecule has 8 nitrogen and oxygen atoms in total. The number of anilines is 1. The van der Waals surface area contributed by atoms with Crippen LogP contribution in [0.3, 0.4) is 0 Å². The van der Waals surface area contributed by atoms with Gasteiger partial charge in [0.05, 0.1) is 11.9 Å². The van der Waals surface area contributed by atoms with Crippen LogP contribution in [0.2, 0.25) is 0 Å². The molecular weight excluding hydrogens is 492 g/mol. The van der Waals surface area contributed by atoms with Crippen molar-refractivity contribution in [3.05, 3.63) is 101 Å². The fourth-order valence-corrected chi connectivity index (χ4v) is 4.93. The van der Waals surface area contributed by atoms with Crippen molar-refractivity contribution in [3.63, 3.8) is 0 Å². The van der Waals surface area contributed by atoms with E-state index in [1.54, 1.807) is 19.2 Å². The van der Waals surface area contributed by atoms with E-state index in [0.717, 1.165) is 19.3 Å². The fourth-order valence-electron chi connectivity index (χ4n) is 4.93. The first-order valence-electron chi connectivity index (χ1n) is 13.3. The quantitative estimate of drug-likeness (QED) is 0.314. The Morgan fingerprint density at radius 1 is 0.949 bits per heavy atom. The summed E-state index contributed by atoms with van der Waals surface area (Å²) in [6.45, 7) is 6.01. The minimum atomic E-state index is -0.450. The van der Waals surface area contributed by atoms with Crippen LogP contribution >= 0.6 is 0 Å². The fraction of sp³-hybridized carbons (Fsp3) is 0.323. The van der Waals surface area contributed by atoms with Crippen molar-refractivity contribution in [1.82, 2.24) is 14.7 Å². The third-order valence-electron chi connectivity index (χ3n) is 7.37. The van der Waals surface area contributed by atoms with Crippen molar-refractivity contribution in [2.24, 2.45) is 7.05 Å². The Morgan fingerprint density at radius 3 is 2.36 bits per heavy atom. The predicted octanol–water partition coefficient (Wildman–Crippen LogP) is 5.80. The monoisotopic (exact) mass is 526 g/mol. The van der Waals surface area contributed by atoms with Gasteiger partial charge in [0.25, 0.3) is 11.8 Å². The Kier molecular flexibility index (Phi) is 7.54. The largest absolute Gasteiger partial charge is 0.486 e. The molecule has 39 heavy (non-hydrogen) atoms. The summed E-state index contributed by atoms with van der Waals surface area (Å²) in [6.07, 6.45) is 4.59. The van der Waals surface area contributed by atoms with E-state index in [4.69, 9.17) is 9.15 Å². The molecule has 0 atom stereocenters. The number of aryl methyl sites for hydroxylation is 1. The molecule has 2 aromatic carbocycles. The maximum Gasteiger partial charge on any atom is 0.291 e. The SMILES string of the molecule is Cn1ncc(NC(=O)c2ccc(COc3ccc(C(C)(C)c4ccccc4)cc3)o2)c1C(=O)N1CCCCC1. The lowest BCUT2D eigenvalue weighted by Gasteiger charge is -2.27. The summed E-state index contributed by atoms with van der Waals surface area (Å²) in [5.74, 6) is 0.783. The van der Waals surface area contributed by atoms with Crippen LogP contribution in [0.25, 0.3) is 0 Å². The number of aromatic nitrogens is 2.